The van der Waals surface area contributed by atoms with Crippen molar-refractivity contribution in [1.82, 2.24) is 0 Å². The quantitative estimate of drug-likeness (QED) is 0.825. The van der Waals surface area contributed by atoms with Crippen LogP contribution in [0, 0.1) is 0 Å². The summed E-state index contributed by atoms with van der Waals surface area (Å²) in [7, 11) is 1.28. The fraction of sp³-hybridized carbons (Fsp3) is 0.143. The minimum absolute atomic E-state index is 0.143. The third-order valence-electron chi connectivity index (χ3n) is 2.71. The van der Waals surface area contributed by atoms with E-state index >= 15 is 0 Å². The van der Waals surface area contributed by atoms with Gasteiger partial charge in [-0.25, -0.2) is 9.59 Å². The van der Waals surface area contributed by atoms with Crippen LogP contribution in [0.25, 0.3) is 0 Å². The van der Waals surface area contributed by atoms with Crippen molar-refractivity contribution >= 4 is 29.2 Å². The van der Waals surface area contributed by atoms with Crippen LogP contribution in [-0.2, 0) is 11.3 Å². The summed E-state index contributed by atoms with van der Waals surface area (Å²) in [4.78, 5) is 22.4. The molecule has 0 aliphatic heterocycles. The number of benzene rings is 1. The molecule has 2 aromatic rings. The van der Waals surface area contributed by atoms with E-state index in [1.165, 1.54) is 19.2 Å². The number of carboxylic acids is 1. The van der Waals surface area contributed by atoms with E-state index in [0.717, 1.165) is 0 Å². The molecule has 0 aliphatic rings. The van der Waals surface area contributed by atoms with E-state index in [1.807, 2.05) is 0 Å². The van der Waals surface area contributed by atoms with Gasteiger partial charge in [0.05, 0.1) is 19.2 Å². The van der Waals surface area contributed by atoms with Crippen molar-refractivity contribution < 1.29 is 23.8 Å². The fourth-order valence-corrected chi connectivity index (χ4v) is 1.89. The van der Waals surface area contributed by atoms with Gasteiger partial charge in [-0.1, -0.05) is 11.6 Å². The van der Waals surface area contributed by atoms with Gasteiger partial charge in [0.2, 0.25) is 5.76 Å². The molecule has 2 rings (SSSR count). The van der Waals surface area contributed by atoms with Crippen LogP contribution >= 0.6 is 11.6 Å². The molecule has 110 valence electrons. The summed E-state index contributed by atoms with van der Waals surface area (Å²) in [5.41, 5.74) is 0.800. The van der Waals surface area contributed by atoms with Crippen LogP contribution in [0.5, 0.6) is 0 Å². The van der Waals surface area contributed by atoms with Gasteiger partial charge in [-0.3, -0.25) is 0 Å². The van der Waals surface area contributed by atoms with Gasteiger partial charge in [0.1, 0.15) is 5.76 Å². The van der Waals surface area contributed by atoms with Gasteiger partial charge in [0.15, 0.2) is 0 Å². The highest BCUT2D eigenvalue weighted by Gasteiger charge is 2.13. The van der Waals surface area contributed by atoms with Crippen molar-refractivity contribution in [1.29, 1.82) is 0 Å². The highest BCUT2D eigenvalue weighted by Crippen LogP contribution is 2.22. The number of rotatable bonds is 5. The topological polar surface area (TPSA) is 88.8 Å². The number of carbonyl (C=O) groups is 2. The summed E-state index contributed by atoms with van der Waals surface area (Å²) < 4.78 is 9.79. The number of nitrogens with one attached hydrogen (secondary N) is 1. The van der Waals surface area contributed by atoms with Crippen molar-refractivity contribution in [3.63, 3.8) is 0 Å². The van der Waals surface area contributed by atoms with E-state index in [-0.39, 0.29) is 17.9 Å². The van der Waals surface area contributed by atoms with Gasteiger partial charge < -0.3 is 19.6 Å². The second-order valence-electron chi connectivity index (χ2n) is 4.11. The zero-order valence-corrected chi connectivity index (χ0v) is 11.8. The molecule has 0 atom stereocenters. The molecule has 6 nitrogen and oxygen atoms in total. The van der Waals surface area contributed by atoms with Crippen LogP contribution in [-0.4, -0.2) is 24.2 Å². The van der Waals surface area contributed by atoms with Crippen LogP contribution in [0.2, 0.25) is 5.02 Å². The van der Waals surface area contributed by atoms with Gasteiger partial charge >= 0.3 is 11.9 Å². The molecular formula is C14H12ClNO5. The standard InChI is InChI=1S/C14H12ClNO5/c1-20-14(19)10-6-8(15)2-4-11(10)16-7-9-3-5-12(21-9)13(17)18/h2-6,16H,7H2,1H3,(H,17,18). The summed E-state index contributed by atoms with van der Waals surface area (Å²) in [6.45, 7) is 0.221. The van der Waals surface area contributed by atoms with Crippen molar-refractivity contribution in [3.05, 3.63) is 52.4 Å². The first kappa shape index (κ1) is 14.9. The molecule has 1 aromatic heterocycles. The maximum atomic E-state index is 11.7. The summed E-state index contributed by atoms with van der Waals surface area (Å²) in [5.74, 6) is -1.37. The molecule has 7 heteroatoms. The van der Waals surface area contributed by atoms with E-state index in [1.54, 1.807) is 18.2 Å². The summed E-state index contributed by atoms with van der Waals surface area (Å²) >= 11 is 5.85. The minimum Gasteiger partial charge on any atom is -0.475 e. The molecule has 1 aromatic carbocycles. The molecule has 0 fully saturated rings. The van der Waals surface area contributed by atoms with Gasteiger partial charge in [-0.2, -0.15) is 0 Å². The lowest BCUT2D eigenvalue weighted by atomic mass is 10.1. The van der Waals surface area contributed by atoms with Crippen molar-refractivity contribution in [3.8, 4) is 0 Å². The van der Waals surface area contributed by atoms with E-state index in [0.29, 0.717) is 16.5 Å². The van der Waals surface area contributed by atoms with Gasteiger partial charge in [0, 0.05) is 10.7 Å². The first-order valence-electron chi connectivity index (χ1n) is 5.95. The van der Waals surface area contributed by atoms with Crippen molar-refractivity contribution in [2.75, 3.05) is 12.4 Å². The second kappa shape index (κ2) is 6.32. The summed E-state index contributed by atoms with van der Waals surface area (Å²) in [6.07, 6.45) is 0. The molecule has 21 heavy (non-hydrogen) atoms. The Morgan fingerprint density at radius 2 is 2.10 bits per heavy atom. The number of furan rings is 1. The average molecular weight is 310 g/mol. The highest BCUT2D eigenvalue weighted by molar-refractivity contribution is 6.31. The smallest absolute Gasteiger partial charge is 0.371 e. The Kier molecular flexibility index (Phi) is 4.49. The number of esters is 1. The Labute approximate surface area is 125 Å². The maximum absolute atomic E-state index is 11.7. The van der Waals surface area contributed by atoms with Gasteiger partial charge in [-0.15, -0.1) is 0 Å². The van der Waals surface area contributed by atoms with Gasteiger partial charge in [0.25, 0.3) is 0 Å². The Morgan fingerprint density at radius 3 is 2.71 bits per heavy atom. The van der Waals surface area contributed by atoms with Crippen molar-refractivity contribution in [2.24, 2.45) is 0 Å². The van der Waals surface area contributed by atoms with Crippen LogP contribution in [0.4, 0.5) is 5.69 Å². The molecule has 0 unspecified atom stereocenters. The largest absolute Gasteiger partial charge is 0.475 e. The van der Waals surface area contributed by atoms with E-state index in [2.05, 4.69) is 10.1 Å². The van der Waals surface area contributed by atoms with Gasteiger partial charge in [-0.05, 0) is 30.3 Å². The van der Waals surface area contributed by atoms with E-state index < -0.39 is 11.9 Å². The lowest BCUT2D eigenvalue weighted by Crippen LogP contribution is -2.08. The molecule has 0 saturated carbocycles. The molecule has 0 radical (unpaired) electrons. The Bertz CT molecular complexity index is 680. The van der Waals surface area contributed by atoms with Crippen LogP contribution in [0.3, 0.4) is 0 Å². The number of anilines is 1. The van der Waals surface area contributed by atoms with Crippen LogP contribution in [0.15, 0.2) is 34.7 Å². The number of carbonyl (C=O) groups excluding carboxylic acids is 1. The lowest BCUT2D eigenvalue weighted by molar-refractivity contribution is 0.0600. The molecule has 0 spiro atoms. The highest BCUT2D eigenvalue weighted by atomic mass is 35.5. The monoisotopic (exact) mass is 309 g/mol. The Morgan fingerprint density at radius 1 is 1.33 bits per heavy atom. The fourth-order valence-electron chi connectivity index (χ4n) is 1.72. The number of halogens is 1. The number of ether oxygens (including phenoxy) is 1. The molecule has 0 bridgehead atoms. The number of hydrogen-bond donors (Lipinski definition) is 2. The Balaban J connectivity index is 2.15. The zero-order chi connectivity index (χ0) is 15.4. The van der Waals surface area contributed by atoms with E-state index in [9.17, 15) is 9.59 Å². The predicted molar refractivity (Wildman–Crippen MR) is 75.8 cm³/mol. The summed E-state index contributed by atoms with van der Waals surface area (Å²) in [6, 6.07) is 7.66. The number of methoxy groups -OCH3 is 1. The normalized spacial score (nSPS) is 10.2. The first-order valence-corrected chi connectivity index (χ1v) is 6.33. The molecular weight excluding hydrogens is 298 g/mol. The number of carboxylic acid groups (broad SMARTS) is 1. The minimum atomic E-state index is -1.14. The number of aromatic carboxylic acids is 1. The predicted octanol–water partition coefficient (Wildman–Crippen LogP) is 3.03. The molecule has 2 N–H and O–H groups in total. The second-order valence-corrected chi connectivity index (χ2v) is 4.54. The number of hydrogen-bond acceptors (Lipinski definition) is 5. The van der Waals surface area contributed by atoms with Crippen LogP contribution in [0.1, 0.15) is 26.7 Å². The third kappa shape index (κ3) is 3.55. The van der Waals surface area contributed by atoms with E-state index in [4.69, 9.17) is 21.1 Å². The summed E-state index contributed by atoms with van der Waals surface area (Å²) in [5, 5.41) is 12.2. The zero-order valence-electron chi connectivity index (χ0n) is 11.1. The van der Waals surface area contributed by atoms with Crippen molar-refractivity contribution in [2.45, 2.75) is 6.54 Å². The SMILES string of the molecule is COC(=O)c1cc(Cl)ccc1NCc1ccc(C(=O)O)o1. The van der Waals surface area contributed by atoms with Crippen LogP contribution < -0.4 is 5.32 Å². The average Bonchev–Trinajstić information content (AvgIpc) is 2.94. The Hall–Kier alpha value is -2.47. The molecule has 0 saturated heterocycles. The molecule has 0 aliphatic carbocycles. The maximum Gasteiger partial charge on any atom is 0.371 e. The molecule has 0 amide bonds. The lowest BCUT2D eigenvalue weighted by Gasteiger charge is -2.10. The first-order chi connectivity index (χ1) is 10.0. The third-order valence-corrected chi connectivity index (χ3v) is 2.95. The molecule has 1 heterocycles.